The van der Waals surface area contributed by atoms with E-state index >= 15 is 0 Å². The minimum atomic E-state index is -1.05. The second-order valence-electron chi connectivity index (χ2n) is 8.82. The van der Waals surface area contributed by atoms with Crippen LogP contribution < -0.4 is 37.6 Å². The zero-order valence-electron chi connectivity index (χ0n) is 22.0. The van der Waals surface area contributed by atoms with Gasteiger partial charge in [0.1, 0.15) is 23.2 Å². The number of rotatable bonds is 20. The van der Waals surface area contributed by atoms with Crippen LogP contribution in [-0.2, 0) is 33.6 Å². The number of carbonyl (C=O) groups excluding carboxylic acids is 7. The minimum Gasteiger partial charge on any atom is -0.370 e. The minimum absolute atomic E-state index is 0.00491. The first-order chi connectivity index (χ1) is 18.0. The van der Waals surface area contributed by atoms with Crippen LogP contribution in [0.4, 0.5) is 0 Å². The molecule has 1 saturated heterocycles. The van der Waals surface area contributed by atoms with Gasteiger partial charge in [0.2, 0.25) is 30.0 Å². The fraction of sp³-hybridized carbons (Fsp3) is 0.696. The molecule has 214 valence electrons. The Morgan fingerprint density at radius 2 is 1.82 bits per heavy atom. The van der Waals surface area contributed by atoms with Gasteiger partial charge < -0.3 is 37.1 Å². The van der Waals surface area contributed by atoms with Crippen LogP contribution in [0.25, 0.3) is 0 Å². The first kappa shape index (κ1) is 33.0. The molecule has 5 amide bonds. The predicted octanol–water partition coefficient (Wildman–Crippen LogP) is -2.95. The summed E-state index contributed by atoms with van der Waals surface area (Å²) in [6.07, 6.45) is 1.53. The number of Topliss-reactive ketones (excluding diaryl/α,β-unsaturated/α-hetero) is 1. The molecule has 1 rings (SSSR count). The van der Waals surface area contributed by atoms with Gasteiger partial charge in [-0.1, -0.05) is 20.3 Å². The molecular weight excluding hydrogens is 518 g/mol. The third-order valence-corrected chi connectivity index (χ3v) is 7.65. The summed E-state index contributed by atoms with van der Waals surface area (Å²) in [5, 5.41) is 16.1. The van der Waals surface area contributed by atoms with Gasteiger partial charge >= 0.3 is 0 Å². The highest BCUT2D eigenvalue weighted by atomic mass is 32.2. The summed E-state index contributed by atoms with van der Waals surface area (Å²) in [4.78, 5) is 82.4. The summed E-state index contributed by atoms with van der Waals surface area (Å²) in [5.74, 6) is -2.43. The number of amides is 5. The van der Waals surface area contributed by atoms with Crippen LogP contribution in [0, 0.1) is 0 Å². The second-order valence-corrected chi connectivity index (χ2v) is 10.1. The van der Waals surface area contributed by atoms with Crippen LogP contribution in [0.3, 0.4) is 0 Å². The SMILES string of the molecule is CCC[C@H](NC(=O)CNC(=O)[C@@H](CCC(N)=O)NC=O)C(=O)N[C@H](C=O)CSC1(C(C)NCC)NCC1=O. The smallest absolute Gasteiger partial charge is 0.243 e. The molecule has 5 atom stereocenters. The number of primary amides is 1. The van der Waals surface area contributed by atoms with E-state index in [0.717, 1.165) is 0 Å². The summed E-state index contributed by atoms with van der Waals surface area (Å²) in [7, 11) is 0. The first-order valence-corrected chi connectivity index (χ1v) is 13.5. The lowest BCUT2D eigenvalue weighted by Gasteiger charge is -2.45. The predicted molar refractivity (Wildman–Crippen MR) is 141 cm³/mol. The van der Waals surface area contributed by atoms with Crippen LogP contribution in [-0.4, -0.2) is 96.5 Å². The number of hydrogen-bond acceptors (Lipinski definition) is 10. The van der Waals surface area contributed by atoms with E-state index in [1.807, 2.05) is 20.8 Å². The molecule has 0 radical (unpaired) electrons. The quantitative estimate of drug-likeness (QED) is 0.0755. The number of aldehydes is 1. The van der Waals surface area contributed by atoms with Gasteiger partial charge in [0.25, 0.3) is 0 Å². The number of nitrogens with two attached hydrogens (primary N) is 1. The van der Waals surface area contributed by atoms with E-state index in [2.05, 4.69) is 31.9 Å². The molecule has 14 nitrogen and oxygen atoms in total. The number of carbonyl (C=O) groups is 7. The third-order valence-electron chi connectivity index (χ3n) is 5.95. The van der Waals surface area contributed by atoms with Gasteiger partial charge in [-0.25, -0.2) is 0 Å². The van der Waals surface area contributed by atoms with Crippen LogP contribution in [0.15, 0.2) is 0 Å². The lowest BCUT2D eigenvalue weighted by molar-refractivity contribution is -0.131. The van der Waals surface area contributed by atoms with Gasteiger partial charge in [0, 0.05) is 18.2 Å². The summed E-state index contributed by atoms with van der Waals surface area (Å²) >= 11 is 1.24. The standard InChI is InChI=1S/C23H39N7O7S/c1-4-6-17(30-20(35)10-26-21(36)16(27-13-32)7-8-19(24)34)22(37)29-15(11-31)12-38-23(14(3)25-5-2)18(33)9-28-23/h11,13-17,25,28H,4-10,12H2,1-3H3,(H2,24,34)(H,26,36)(H,27,32)(H,29,37)(H,30,35)/t14?,15-,16-,17+,23?/m1/s1. The molecule has 0 aromatic carbocycles. The van der Waals surface area contributed by atoms with Gasteiger partial charge in [-0.3, -0.25) is 34.1 Å². The van der Waals surface area contributed by atoms with Gasteiger partial charge in [0.05, 0.1) is 19.1 Å². The van der Waals surface area contributed by atoms with Gasteiger partial charge in [-0.05, 0) is 26.3 Å². The lowest BCUT2D eigenvalue weighted by atomic mass is 9.97. The number of ketones is 1. The van der Waals surface area contributed by atoms with E-state index in [0.29, 0.717) is 25.7 Å². The molecule has 15 heteroatoms. The Bertz CT molecular complexity index is 875. The topological polar surface area (TPSA) is 218 Å². The zero-order valence-corrected chi connectivity index (χ0v) is 22.8. The molecule has 8 N–H and O–H groups in total. The van der Waals surface area contributed by atoms with E-state index < -0.39 is 53.2 Å². The number of likely N-dealkylation sites (N-methyl/N-ethyl adjacent to an activating group) is 1. The second kappa shape index (κ2) is 16.7. The molecule has 1 heterocycles. The average Bonchev–Trinajstić information content (AvgIpc) is 2.87. The normalized spacial score (nSPS) is 19.6. The Kier molecular flexibility index (Phi) is 14.5. The molecule has 1 fully saturated rings. The van der Waals surface area contributed by atoms with Gasteiger partial charge in [-0.15, -0.1) is 11.8 Å². The average molecular weight is 558 g/mol. The van der Waals surface area contributed by atoms with Gasteiger partial charge in [0.15, 0.2) is 5.78 Å². The molecule has 1 aliphatic rings. The maximum Gasteiger partial charge on any atom is 0.243 e. The van der Waals surface area contributed by atoms with Crippen LogP contribution >= 0.6 is 11.8 Å². The van der Waals surface area contributed by atoms with Crippen LogP contribution in [0.5, 0.6) is 0 Å². The summed E-state index contributed by atoms with van der Waals surface area (Å²) in [6.45, 7) is 6.02. The molecule has 0 spiro atoms. The monoisotopic (exact) mass is 557 g/mol. The van der Waals surface area contributed by atoms with Crippen molar-refractivity contribution in [1.82, 2.24) is 31.9 Å². The fourth-order valence-corrected chi connectivity index (χ4v) is 5.15. The highest BCUT2D eigenvalue weighted by molar-refractivity contribution is 8.01. The van der Waals surface area contributed by atoms with Crippen molar-refractivity contribution in [3.05, 3.63) is 0 Å². The Morgan fingerprint density at radius 1 is 1.11 bits per heavy atom. The van der Waals surface area contributed by atoms with Crippen molar-refractivity contribution in [2.45, 2.75) is 75.5 Å². The molecule has 0 aromatic rings. The van der Waals surface area contributed by atoms with Crippen molar-refractivity contribution in [2.24, 2.45) is 5.73 Å². The Balaban J connectivity index is 2.68. The van der Waals surface area contributed by atoms with E-state index in [-0.39, 0.29) is 43.4 Å². The molecule has 2 unspecified atom stereocenters. The summed E-state index contributed by atoms with van der Waals surface area (Å²) in [6, 6.07) is -3.11. The Hall–Kier alpha value is -3.04. The van der Waals surface area contributed by atoms with Crippen LogP contribution in [0.2, 0.25) is 0 Å². The van der Waals surface area contributed by atoms with E-state index in [1.165, 1.54) is 11.8 Å². The Morgan fingerprint density at radius 3 is 2.32 bits per heavy atom. The van der Waals surface area contributed by atoms with E-state index in [4.69, 9.17) is 5.73 Å². The van der Waals surface area contributed by atoms with Crippen molar-refractivity contribution in [3.63, 3.8) is 0 Å². The lowest BCUT2D eigenvalue weighted by Crippen LogP contribution is -2.72. The van der Waals surface area contributed by atoms with Crippen molar-refractivity contribution in [1.29, 1.82) is 0 Å². The number of nitrogens with one attached hydrogen (secondary N) is 6. The highest BCUT2D eigenvalue weighted by Crippen LogP contribution is 2.33. The van der Waals surface area contributed by atoms with Crippen molar-refractivity contribution < 1.29 is 33.6 Å². The maximum absolute atomic E-state index is 12.9. The molecule has 38 heavy (non-hydrogen) atoms. The van der Waals surface area contributed by atoms with E-state index in [9.17, 15) is 33.6 Å². The van der Waals surface area contributed by atoms with Crippen molar-refractivity contribution in [2.75, 3.05) is 25.4 Å². The van der Waals surface area contributed by atoms with Gasteiger partial charge in [-0.2, -0.15) is 0 Å². The highest BCUT2D eigenvalue weighted by Gasteiger charge is 2.50. The van der Waals surface area contributed by atoms with Crippen LogP contribution in [0.1, 0.15) is 46.5 Å². The molecule has 1 aliphatic heterocycles. The molecule has 0 aromatic heterocycles. The van der Waals surface area contributed by atoms with E-state index in [1.54, 1.807) is 0 Å². The number of hydrogen-bond donors (Lipinski definition) is 7. The largest absolute Gasteiger partial charge is 0.370 e. The molecule has 0 aliphatic carbocycles. The van der Waals surface area contributed by atoms with Crippen molar-refractivity contribution >= 4 is 53.9 Å². The fourth-order valence-electron chi connectivity index (χ4n) is 3.81. The molecule has 0 bridgehead atoms. The third kappa shape index (κ3) is 10.0. The first-order valence-electron chi connectivity index (χ1n) is 12.5. The summed E-state index contributed by atoms with van der Waals surface area (Å²) in [5.41, 5.74) is 5.06. The van der Waals surface area contributed by atoms with Crippen molar-refractivity contribution in [3.8, 4) is 0 Å². The number of thioether (sulfide) groups is 1. The zero-order chi connectivity index (χ0) is 28.7. The molecular formula is C23H39N7O7S. The molecule has 0 saturated carbocycles. The summed E-state index contributed by atoms with van der Waals surface area (Å²) < 4.78 is 0. The Labute approximate surface area is 226 Å². The maximum atomic E-state index is 12.9.